The fourth-order valence-electron chi connectivity index (χ4n) is 9.68. The van der Waals surface area contributed by atoms with Crippen LogP contribution in [0.1, 0.15) is 82.5 Å². The average molecular weight is 1030 g/mol. The predicted molar refractivity (Wildman–Crippen MR) is 281 cm³/mol. The molecule has 3 heterocycles. The topological polar surface area (TPSA) is 183 Å². The number of hydrogen-bond acceptors (Lipinski definition) is 13. The van der Waals surface area contributed by atoms with Gasteiger partial charge in [0.25, 0.3) is 0 Å². The van der Waals surface area contributed by atoms with E-state index in [1.165, 1.54) is 11.0 Å². The minimum absolute atomic E-state index is 0.00423. The first-order valence-corrected chi connectivity index (χ1v) is 26.5. The molecule has 0 radical (unpaired) electrons. The van der Waals surface area contributed by atoms with Crippen molar-refractivity contribution in [2.75, 3.05) is 77.9 Å². The van der Waals surface area contributed by atoms with Crippen molar-refractivity contribution in [2.24, 2.45) is 17.3 Å². The second kappa shape index (κ2) is 27.2. The van der Waals surface area contributed by atoms with Crippen molar-refractivity contribution in [1.82, 2.24) is 25.5 Å². The number of amides is 3. The Morgan fingerprint density at radius 2 is 1.49 bits per heavy atom. The maximum absolute atomic E-state index is 14.0. The lowest BCUT2D eigenvalue weighted by Crippen LogP contribution is -2.57. The number of likely N-dealkylation sites (tertiary alicyclic amines) is 1. The van der Waals surface area contributed by atoms with Crippen molar-refractivity contribution in [2.45, 2.75) is 97.4 Å². The highest BCUT2D eigenvalue weighted by Crippen LogP contribution is 2.41. The SMILES string of the molecule is Cc1ncsc1-c1ccc(CNC(=O)C2C[C@@H](O)CN2C(=O)[C@@H](NCCOCCOCCOCCOCCOc2ccc(NC(=O)[C@H](C)C3CCC(c4ccnc5ccc(F)cc45)CC3)cc2)C(C)(C)C)cc1. The number of nitrogens with one attached hydrogen (secondary N) is 3. The highest BCUT2D eigenvalue weighted by molar-refractivity contribution is 7.13. The Morgan fingerprint density at radius 3 is 2.14 bits per heavy atom. The van der Waals surface area contributed by atoms with Crippen molar-refractivity contribution in [3.05, 3.63) is 107 Å². The van der Waals surface area contributed by atoms with E-state index in [9.17, 15) is 23.9 Å². The zero-order valence-electron chi connectivity index (χ0n) is 42.9. The number of thiazole rings is 1. The lowest BCUT2D eigenvalue weighted by molar-refractivity contribution is -0.142. The molecule has 17 heteroatoms. The summed E-state index contributed by atoms with van der Waals surface area (Å²) in [5.41, 5.74) is 7.03. The van der Waals surface area contributed by atoms with Gasteiger partial charge in [-0.25, -0.2) is 9.37 Å². The monoisotopic (exact) mass is 1020 g/mol. The number of aryl methyl sites for hydroxylation is 1. The summed E-state index contributed by atoms with van der Waals surface area (Å²) in [7, 11) is 0. The van der Waals surface area contributed by atoms with E-state index in [0.29, 0.717) is 84.2 Å². The smallest absolute Gasteiger partial charge is 0.243 e. The van der Waals surface area contributed by atoms with Crippen molar-refractivity contribution < 1.29 is 47.6 Å². The van der Waals surface area contributed by atoms with Crippen LogP contribution in [0.2, 0.25) is 0 Å². The third-order valence-corrected chi connectivity index (χ3v) is 14.8. The van der Waals surface area contributed by atoms with Crippen LogP contribution < -0.4 is 20.7 Å². The van der Waals surface area contributed by atoms with Gasteiger partial charge in [-0.15, -0.1) is 11.3 Å². The van der Waals surface area contributed by atoms with Gasteiger partial charge in [-0.05, 0) is 115 Å². The van der Waals surface area contributed by atoms with Crippen LogP contribution in [0.25, 0.3) is 21.3 Å². The zero-order chi connectivity index (χ0) is 51.7. The van der Waals surface area contributed by atoms with Gasteiger partial charge in [0.05, 0.1) is 86.6 Å². The molecule has 1 aliphatic carbocycles. The van der Waals surface area contributed by atoms with Crippen molar-refractivity contribution in [1.29, 1.82) is 0 Å². The highest BCUT2D eigenvalue weighted by atomic mass is 32.1. The van der Waals surface area contributed by atoms with Gasteiger partial charge in [0.2, 0.25) is 17.7 Å². The summed E-state index contributed by atoms with van der Waals surface area (Å²) in [6.45, 7) is 14.3. The standard InChI is InChI=1S/C56H73FN6O9S/c1-37(40-10-12-41(13-11-40)47-20-21-58-49-19-14-43(57)32-48(47)49)53(65)62-44-15-17-46(18-16-44)72-31-30-71-29-28-70-27-26-69-25-24-68-23-22-59-52(56(3,4)5)55(67)63-35-45(64)33-50(63)54(66)60-34-39-6-8-42(9-7-39)51-38(2)61-36-73-51/h6-9,14-21,32,36-37,40-41,45,50,52,59,64H,10-13,22-31,33-35H2,1-5H3,(H,60,66)(H,62,65)/t37-,40?,41?,45-,50?,52-/m1/s1. The number of carbonyl (C=O) groups is 3. The van der Waals surface area contributed by atoms with E-state index >= 15 is 0 Å². The normalized spacial score (nSPS) is 18.9. The van der Waals surface area contributed by atoms with Gasteiger partial charge in [-0.2, -0.15) is 0 Å². The molecule has 0 spiro atoms. The third-order valence-electron chi connectivity index (χ3n) is 13.8. The quantitative estimate of drug-likeness (QED) is 0.0392. The number of rotatable bonds is 26. The summed E-state index contributed by atoms with van der Waals surface area (Å²) in [4.78, 5) is 51.9. The molecular formula is C56H73FN6O9S. The van der Waals surface area contributed by atoms with E-state index in [0.717, 1.165) is 69.5 Å². The number of anilines is 1. The number of aliphatic hydroxyl groups is 1. The van der Waals surface area contributed by atoms with E-state index in [-0.39, 0.29) is 48.3 Å². The Morgan fingerprint density at radius 1 is 0.836 bits per heavy atom. The predicted octanol–water partition coefficient (Wildman–Crippen LogP) is 8.08. The number of nitrogens with zero attached hydrogens (tertiary/aromatic N) is 3. The molecule has 1 aliphatic heterocycles. The molecule has 4 atom stereocenters. The number of fused-ring (bicyclic) bond motifs is 1. The lowest BCUT2D eigenvalue weighted by atomic mass is 9.73. The minimum Gasteiger partial charge on any atom is -0.491 e. The third kappa shape index (κ3) is 16.0. The lowest BCUT2D eigenvalue weighted by Gasteiger charge is -2.35. The van der Waals surface area contributed by atoms with Gasteiger partial charge in [0, 0.05) is 49.2 Å². The van der Waals surface area contributed by atoms with Gasteiger partial charge in [0.1, 0.15) is 24.2 Å². The van der Waals surface area contributed by atoms with Crippen LogP contribution in [0, 0.1) is 30.0 Å². The molecule has 2 aliphatic rings. The maximum atomic E-state index is 14.0. The van der Waals surface area contributed by atoms with Crippen LogP contribution in [-0.4, -0.2) is 128 Å². The molecule has 2 fully saturated rings. The molecule has 0 bridgehead atoms. The Kier molecular flexibility index (Phi) is 20.6. The number of carbonyl (C=O) groups excluding carboxylic acids is 3. The van der Waals surface area contributed by atoms with E-state index in [1.807, 2.05) is 94.7 Å². The summed E-state index contributed by atoms with van der Waals surface area (Å²) in [6, 6.07) is 20.7. The van der Waals surface area contributed by atoms with Crippen molar-refractivity contribution >= 4 is 45.6 Å². The number of hydrogen-bond donors (Lipinski definition) is 4. The molecule has 15 nitrogen and oxygen atoms in total. The molecule has 394 valence electrons. The first-order chi connectivity index (χ1) is 35.2. The Bertz CT molecular complexity index is 2530. The number of β-amino-alcohol motifs (C(OH)–C–C–N with tert-alkyl or cyclic N) is 1. The van der Waals surface area contributed by atoms with Crippen LogP contribution in [-0.2, 0) is 39.9 Å². The van der Waals surface area contributed by atoms with E-state index < -0.39 is 23.6 Å². The number of aliphatic hydroxyl groups excluding tert-OH is 1. The molecule has 3 aromatic carbocycles. The van der Waals surface area contributed by atoms with Crippen LogP contribution in [0.3, 0.4) is 0 Å². The molecule has 4 N–H and O–H groups in total. The van der Waals surface area contributed by atoms with Gasteiger partial charge >= 0.3 is 0 Å². The molecule has 5 aromatic rings. The second-order valence-electron chi connectivity index (χ2n) is 20.1. The largest absolute Gasteiger partial charge is 0.491 e. The highest BCUT2D eigenvalue weighted by Gasteiger charge is 2.44. The van der Waals surface area contributed by atoms with Crippen LogP contribution in [0.4, 0.5) is 10.1 Å². The van der Waals surface area contributed by atoms with Crippen LogP contribution >= 0.6 is 11.3 Å². The van der Waals surface area contributed by atoms with Gasteiger partial charge in [0.15, 0.2) is 0 Å². The zero-order valence-corrected chi connectivity index (χ0v) is 43.7. The van der Waals surface area contributed by atoms with Crippen LogP contribution in [0.15, 0.2) is 84.5 Å². The fourth-order valence-corrected chi connectivity index (χ4v) is 10.5. The molecule has 3 amide bonds. The molecule has 2 aromatic heterocycles. The molecular weight excluding hydrogens is 952 g/mol. The minimum atomic E-state index is -0.785. The number of benzene rings is 3. The van der Waals surface area contributed by atoms with Gasteiger partial charge in [-0.3, -0.25) is 19.4 Å². The van der Waals surface area contributed by atoms with E-state index in [1.54, 1.807) is 29.7 Å². The number of aromatic nitrogens is 2. The van der Waals surface area contributed by atoms with Crippen molar-refractivity contribution in [3.8, 4) is 16.2 Å². The molecule has 1 saturated carbocycles. The summed E-state index contributed by atoms with van der Waals surface area (Å²) in [6.07, 6.45) is 4.98. The fraction of sp³-hybridized carbons (Fsp3) is 0.518. The Balaban J connectivity index is 0.684. The van der Waals surface area contributed by atoms with Crippen LogP contribution in [0.5, 0.6) is 5.75 Å². The number of pyridine rings is 1. The summed E-state index contributed by atoms with van der Waals surface area (Å²) in [5, 5.41) is 20.8. The Hall–Kier alpha value is -5.40. The number of halogens is 1. The van der Waals surface area contributed by atoms with Gasteiger partial charge < -0.3 is 49.6 Å². The average Bonchev–Trinajstić information content (AvgIpc) is 4.01. The molecule has 7 rings (SSSR count). The van der Waals surface area contributed by atoms with Gasteiger partial charge in [-0.1, -0.05) is 52.0 Å². The number of ether oxygens (including phenoxy) is 5. The first kappa shape index (κ1) is 55.4. The van der Waals surface area contributed by atoms with Crippen molar-refractivity contribution in [3.63, 3.8) is 0 Å². The maximum Gasteiger partial charge on any atom is 0.243 e. The summed E-state index contributed by atoms with van der Waals surface area (Å²) in [5.74, 6) is 0.392. The first-order valence-electron chi connectivity index (χ1n) is 25.6. The molecule has 1 saturated heterocycles. The summed E-state index contributed by atoms with van der Waals surface area (Å²) >= 11 is 1.59. The second-order valence-corrected chi connectivity index (χ2v) is 21.0. The molecule has 1 unspecified atom stereocenters. The van der Waals surface area contributed by atoms with E-state index in [2.05, 4.69) is 25.9 Å². The van der Waals surface area contributed by atoms with E-state index in [4.69, 9.17) is 23.7 Å². The summed E-state index contributed by atoms with van der Waals surface area (Å²) < 4.78 is 42.5. The molecule has 73 heavy (non-hydrogen) atoms. The Labute approximate surface area is 432 Å².